The fraction of sp³-hybridized carbons (Fsp3) is 0.839. The summed E-state index contributed by atoms with van der Waals surface area (Å²) in [4.78, 5) is 24.5. The molecule has 240 valence electrons. The Morgan fingerprint density at radius 2 is 1.02 bits per heavy atom. The van der Waals surface area contributed by atoms with Crippen LogP contribution in [-0.2, 0) is 38.1 Å². The van der Waals surface area contributed by atoms with Crippen LogP contribution in [0.5, 0.6) is 0 Å². The number of hydroxylamine groups is 4. The van der Waals surface area contributed by atoms with E-state index in [1.165, 1.54) is 0 Å². The number of ether oxygens (including phenoxy) is 6. The number of hydrogen-bond donors (Lipinski definition) is 0. The van der Waals surface area contributed by atoms with Crippen molar-refractivity contribution in [1.82, 2.24) is 10.1 Å². The lowest BCUT2D eigenvalue weighted by atomic mass is 9.78. The molecule has 4 rings (SSSR count). The highest BCUT2D eigenvalue weighted by atomic mass is 16.8. The minimum atomic E-state index is -0.782. The summed E-state index contributed by atoms with van der Waals surface area (Å²) >= 11 is 0. The van der Waals surface area contributed by atoms with Gasteiger partial charge in [-0.3, -0.25) is 9.68 Å². The van der Waals surface area contributed by atoms with Gasteiger partial charge in [-0.05, 0) is 55.4 Å². The van der Waals surface area contributed by atoms with Gasteiger partial charge >= 0.3 is 6.16 Å². The maximum atomic E-state index is 12.5. The lowest BCUT2D eigenvalue weighted by Crippen LogP contribution is -2.65. The van der Waals surface area contributed by atoms with Gasteiger partial charge in [0.1, 0.15) is 25.4 Å². The van der Waals surface area contributed by atoms with Gasteiger partial charge in [0, 0.05) is 47.8 Å². The monoisotopic (exact) mass is 596 g/mol. The van der Waals surface area contributed by atoms with E-state index in [0.717, 1.165) is 0 Å². The molecule has 2 unspecified atom stereocenters. The largest absolute Gasteiger partial charge is 0.508 e. The van der Waals surface area contributed by atoms with Gasteiger partial charge in [-0.1, -0.05) is 12.2 Å². The van der Waals surface area contributed by atoms with E-state index in [4.69, 9.17) is 38.1 Å². The summed E-state index contributed by atoms with van der Waals surface area (Å²) in [6.07, 6.45) is 4.34. The minimum Gasteiger partial charge on any atom is -0.431 e. The first-order chi connectivity index (χ1) is 19.5. The fourth-order valence-electron chi connectivity index (χ4n) is 7.77. The van der Waals surface area contributed by atoms with Crippen molar-refractivity contribution in [2.75, 3.05) is 39.6 Å². The molecule has 0 amide bonds. The molecule has 4 aliphatic rings. The third kappa shape index (κ3) is 7.21. The Kier molecular flexibility index (Phi) is 9.59. The highest BCUT2D eigenvalue weighted by molar-refractivity contribution is 5.59. The van der Waals surface area contributed by atoms with E-state index in [1.807, 2.05) is 10.1 Å². The third-order valence-corrected chi connectivity index (χ3v) is 8.25. The van der Waals surface area contributed by atoms with Gasteiger partial charge in [0.2, 0.25) is 0 Å². The van der Waals surface area contributed by atoms with E-state index < -0.39 is 29.9 Å². The van der Waals surface area contributed by atoms with Crippen LogP contribution in [0.1, 0.15) is 81.1 Å². The predicted octanol–water partition coefficient (Wildman–Crippen LogP) is 4.90. The van der Waals surface area contributed by atoms with Gasteiger partial charge in [-0.2, -0.15) is 10.1 Å². The van der Waals surface area contributed by atoms with Crippen LogP contribution in [0.3, 0.4) is 0 Å². The molecule has 0 bridgehead atoms. The van der Waals surface area contributed by atoms with Crippen LogP contribution in [0.2, 0.25) is 0 Å². The first kappa shape index (κ1) is 33.3. The van der Waals surface area contributed by atoms with E-state index in [2.05, 4.69) is 68.5 Å². The van der Waals surface area contributed by atoms with Gasteiger partial charge in [0.15, 0.2) is 11.6 Å². The fourth-order valence-corrected chi connectivity index (χ4v) is 7.77. The SMILES string of the molecule is C=CCON1C(C)(C)CC2(CC1(C)C)OCC(COC(=O)OCC1COC3(CC(C)(C)N(OCC=C)C(C)(C)C3)O1)O2. The Bertz CT molecular complexity index is 883. The zero-order valence-electron chi connectivity index (χ0n) is 26.9. The maximum absolute atomic E-state index is 12.5. The maximum Gasteiger partial charge on any atom is 0.508 e. The van der Waals surface area contributed by atoms with Gasteiger partial charge in [0.25, 0.3) is 0 Å². The van der Waals surface area contributed by atoms with Crippen molar-refractivity contribution < 1.29 is 42.9 Å². The van der Waals surface area contributed by atoms with Crippen LogP contribution in [-0.4, -0.2) is 102 Å². The second kappa shape index (κ2) is 12.1. The number of carbonyl (C=O) groups is 1. The van der Waals surface area contributed by atoms with Gasteiger partial charge in [0.05, 0.1) is 26.4 Å². The summed E-state index contributed by atoms with van der Waals surface area (Å²) in [7, 11) is 0. The molecule has 0 aromatic heterocycles. The first-order valence-electron chi connectivity index (χ1n) is 15.0. The summed E-state index contributed by atoms with van der Waals surface area (Å²) in [5, 5.41) is 4.03. The number of piperidine rings is 2. The van der Waals surface area contributed by atoms with Crippen molar-refractivity contribution in [2.45, 2.75) is 127 Å². The molecule has 42 heavy (non-hydrogen) atoms. The third-order valence-electron chi connectivity index (χ3n) is 8.25. The molecule has 0 radical (unpaired) electrons. The Morgan fingerprint density at radius 3 is 1.33 bits per heavy atom. The van der Waals surface area contributed by atoms with Crippen LogP contribution in [0, 0.1) is 0 Å². The van der Waals surface area contributed by atoms with E-state index in [9.17, 15) is 4.79 Å². The highest BCUT2D eigenvalue weighted by Gasteiger charge is 2.59. The Morgan fingerprint density at radius 1 is 0.690 bits per heavy atom. The molecular formula is C31H52N2O9. The van der Waals surface area contributed by atoms with Crippen molar-refractivity contribution in [3.05, 3.63) is 25.3 Å². The summed E-state index contributed by atoms with van der Waals surface area (Å²) in [5.74, 6) is -1.56. The van der Waals surface area contributed by atoms with Crippen molar-refractivity contribution in [3.63, 3.8) is 0 Å². The zero-order chi connectivity index (χ0) is 31.0. The van der Waals surface area contributed by atoms with Gasteiger partial charge < -0.3 is 28.4 Å². The number of rotatable bonds is 10. The number of nitrogens with zero attached hydrogens (tertiary/aromatic N) is 2. The van der Waals surface area contributed by atoms with E-state index >= 15 is 0 Å². The quantitative estimate of drug-likeness (QED) is 0.254. The summed E-state index contributed by atoms with van der Waals surface area (Å²) in [5.41, 5.74) is -1.39. The molecule has 4 aliphatic heterocycles. The molecule has 0 N–H and O–H groups in total. The molecular weight excluding hydrogens is 544 g/mol. The van der Waals surface area contributed by atoms with Crippen LogP contribution in [0.25, 0.3) is 0 Å². The zero-order valence-corrected chi connectivity index (χ0v) is 26.9. The van der Waals surface area contributed by atoms with Crippen LogP contribution >= 0.6 is 0 Å². The Labute approximate surface area is 251 Å². The van der Waals surface area contributed by atoms with E-state index in [1.54, 1.807) is 12.2 Å². The highest BCUT2D eigenvalue weighted by Crippen LogP contribution is 2.49. The lowest BCUT2D eigenvalue weighted by Gasteiger charge is -2.56. The topological polar surface area (TPSA) is 97.4 Å². The minimum absolute atomic E-state index is 0.0347. The lowest BCUT2D eigenvalue weighted by molar-refractivity contribution is -0.334. The molecule has 0 aromatic rings. The van der Waals surface area contributed by atoms with E-state index in [-0.39, 0.29) is 35.4 Å². The molecule has 0 aromatic carbocycles. The second-order valence-electron chi connectivity index (χ2n) is 14.5. The van der Waals surface area contributed by atoms with Gasteiger partial charge in [-0.15, -0.1) is 13.2 Å². The first-order valence-corrected chi connectivity index (χ1v) is 15.0. The Hall–Kier alpha value is -1.57. The predicted molar refractivity (Wildman–Crippen MR) is 155 cm³/mol. The Balaban J connectivity index is 1.23. The van der Waals surface area contributed by atoms with Crippen LogP contribution in [0.15, 0.2) is 25.3 Å². The average Bonchev–Trinajstić information content (AvgIpc) is 3.41. The van der Waals surface area contributed by atoms with Crippen LogP contribution in [0.4, 0.5) is 4.79 Å². The molecule has 11 nitrogen and oxygen atoms in total. The molecule has 4 saturated heterocycles. The molecule has 2 atom stereocenters. The smallest absolute Gasteiger partial charge is 0.431 e. The molecule has 4 fully saturated rings. The van der Waals surface area contributed by atoms with Crippen molar-refractivity contribution in [3.8, 4) is 0 Å². The standard InChI is InChI=1S/C31H52N2O9/c1-11-13-39-32-26(3,4)19-30(20-27(32,5)6)37-17-23(41-30)15-35-25(34)36-16-24-18-38-31(42-24)21-28(7,8)33(40-14-12-2)29(9,10)22-31/h11-12,23-24H,1-2,13-22H2,3-10H3. The molecule has 2 spiro atoms. The van der Waals surface area contributed by atoms with Crippen molar-refractivity contribution in [2.24, 2.45) is 0 Å². The molecule has 11 heteroatoms. The molecule has 0 aliphatic carbocycles. The molecule has 4 heterocycles. The summed E-state index contributed by atoms with van der Waals surface area (Å²) < 4.78 is 36.0. The van der Waals surface area contributed by atoms with Crippen LogP contribution < -0.4 is 0 Å². The van der Waals surface area contributed by atoms with Gasteiger partial charge in [-0.25, -0.2) is 4.79 Å². The number of carbonyl (C=O) groups excluding carboxylic acids is 1. The van der Waals surface area contributed by atoms with Crippen molar-refractivity contribution >= 4 is 6.16 Å². The summed E-state index contributed by atoms with van der Waals surface area (Å²) in [6, 6.07) is 0. The molecule has 0 saturated carbocycles. The average molecular weight is 597 g/mol. The second-order valence-corrected chi connectivity index (χ2v) is 14.5. The normalized spacial score (nSPS) is 30.8. The van der Waals surface area contributed by atoms with Crippen molar-refractivity contribution in [1.29, 1.82) is 0 Å². The number of hydrogen-bond acceptors (Lipinski definition) is 11. The summed E-state index contributed by atoms with van der Waals surface area (Å²) in [6.45, 7) is 25.9. The van der Waals surface area contributed by atoms with E-state index in [0.29, 0.717) is 52.1 Å².